The number of rotatable bonds is 7. The fourth-order valence-electron chi connectivity index (χ4n) is 3.58. The zero-order valence-electron chi connectivity index (χ0n) is 18.5. The van der Waals surface area contributed by atoms with Gasteiger partial charge < -0.3 is 14.8 Å². The Labute approximate surface area is 194 Å². The number of hydrogen-bond acceptors (Lipinski definition) is 5. The van der Waals surface area contributed by atoms with Gasteiger partial charge in [0.15, 0.2) is 6.10 Å². The van der Waals surface area contributed by atoms with E-state index < -0.39 is 22.0 Å². The van der Waals surface area contributed by atoms with Gasteiger partial charge >= 0.3 is 0 Å². The molecule has 1 aliphatic rings. The molecule has 1 aliphatic heterocycles. The van der Waals surface area contributed by atoms with E-state index in [-0.39, 0.29) is 18.4 Å². The molecule has 1 N–H and O–H groups in total. The van der Waals surface area contributed by atoms with Crippen LogP contribution in [-0.2, 0) is 20.6 Å². The van der Waals surface area contributed by atoms with Crippen LogP contribution >= 0.6 is 0 Å². The maximum atomic E-state index is 13.3. The summed E-state index contributed by atoms with van der Waals surface area (Å²) in [6, 6.07) is 22.8. The van der Waals surface area contributed by atoms with Crippen molar-refractivity contribution in [3.05, 3.63) is 84.4 Å². The molecular formula is C25H26N2O5S. The number of anilines is 2. The molecule has 33 heavy (non-hydrogen) atoms. The predicted octanol–water partition coefficient (Wildman–Crippen LogP) is 4.21. The Morgan fingerprint density at radius 1 is 1.03 bits per heavy atom. The van der Waals surface area contributed by atoms with E-state index in [1.54, 1.807) is 72.8 Å². The Balaban J connectivity index is 1.54. The molecule has 172 valence electrons. The van der Waals surface area contributed by atoms with E-state index >= 15 is 0 Å². The number of benzene rings is 3. The molecule has 4 rings (SSSR count). The summed E-state index contributed by atoms with van der Waals surface area (Å²) < 4.78 is 39.3. The Bertz CT molecular complexity index is 1210. The topological polar surface area (TPSA) is 84.9 Å². The largest absolute Gasteiger partial charge is 0.491 e. The zero-order valence-corrected chi connectivity index (χ0v) is 19.3. The summed E-state index contributed by atoms with van der Waals surface area (Å²) in [5.41, 5.74) is 1.66. The Morgan fingerprint density at radius 2 is 1.70 bits per heavy atom. The molecule has 1 heterocycles. The lowest BCUT2D eigenvalue weighted by Gasteiger charge is -2.34. The zero-order chi connectivity index (χ0) is 23.4. The Morgan fingerprint density at radius 3 is 2.39 bits per heavy atom. The van der Waals surface area contributed by atoms with Crippen molar-refractivity contribution in [1.29, 1.82) is 0 Å². The van der Waals surface area contributed by atoms with Crippen molar-refractivity contribution in [3.63, 3.8) is 0 Å². The summed E-state index contributed by atoms with van der Waals surface area (Å²) in [6.07, 6.45) is -0.956. The summed E-state index contributed by atoms with van der Waals surface area (Å²) >= 11 is 0. The number of hydrogen-bond donors (Lipinski definition) is 1. The second kappa shape index (κ2) is 9.54. The van der Waals surface area contributed by atoms with Crippen molar-refractivity contribution in [1.82, 2.24) is 0 Å². The monoisotopic (exact) mass is 466 g/mol. The number of nitrogens with zero attached hydrogens (tertiary/aromatic N) is 1. The summed E-state index contributed by atoms with van der Waals surface area (Å²) in [5.74, 6) is 0.445. The lowest BCUT2D eigenvalue weighted by Crippen LogP contribution is -2.49. The molecule has 0 bridgehead atoms. The van der Waals surface area contributed by atoms with Gasteiger partial charge in [0.2, 0.25) is 10.0 Å². The van der Waals surface area contributed by atoms with Crippen LogP contribution in [0.2, 0.25) is 0 Å². The number of carbonyl (C=O) groups excluding carboxylic acids is 1. The molecule has 0 unspecified atom stereocenters. The highest BCUT2D eigenvalue weighted by Crippen LogP contribution is 2.36. The van der Waals surface area contributed by atoms with Crippen molar-refractivity contribution < 1.29 is 22.7 Å². The highest BCUT2D eigenvalue weighted by molar-refractivity contribution is 7.92. The van der Waals surface area contributed by atoms with Gasteiger partial charge in [-0.05, 0) is 55.8 Å². The number of para-hydroxylation sites is 2. The number of carbonyl (C=O) groups is 1. The molecule has 0 saturated heterocycles. The third kappa shape index (κ3) is 5.46. The molecule has 3 aromatic carbocycles. The summed E-state index contributed by atoms with van der Waals surface area (Å²) in [6.45, 7) is 3.75. The van der Waals surface area contributed by atoms with E-state index in [0.717, 1.165) is 0 Å². The maximum Gasteiger partial charge on any atom is 0.267 e. The fraction of sp³-hybridized carbons (Fsp3) is 0.240. The summed E-state index contributed by atoms with van der Waals surface area (Å²) in [7, 11) is -3.75. The van der Waals surface area contributed by atoms with Crippen molar-refractivity contribution in [2.24, 2.45) is 0 Å². The van der Waals surface area contributed by atoms with Gasteiger partial charge in [-0.3, -0.25) is 9.10 Å². The SMILES string of the molecule is CC(C)Oc1ccc(NC(=O)[C@@H]2CN(S(=O)(=O)Cc3ccccc3)c3ccccc3O2)cc1. The van der Waals surface area contributed by atoms with Crippen LogP contribution in [0.5, 0.6) is 11.5 Å². The molecule has 0 aliphatic carbocycles. The van der Waals surface area contributed by atoms with E-state index in [4.69, 9.17) is 9.47 Å². The third-order valence-electron chi connectivity index (χ3n) is 5.05. The molecule has 0 fully saturated rings. The van der Waals surface area contributed by atoms with Crippen LogP contribution < -0.4 is 19.1 Å². The van der Waals surface area contributed by atoms with Crippen molar-refractivity contribution in [3.8, 4) is 11.5 Å². The normalized spacial score (nSPS) is 15.5. The molecule has 0 spiro atoms. The average Bonchev–Trinajstić information content (AvgIpc) is 2.79. The number of amides is 1. The van der Waals surface area contributed by atoms with Crippen molar-refractivity contribution >= 4 is 27.3 Å². The van der Waals surface area contributed by atoms with Crippen LogP contribution in [0.15, 0.2) is 78.9 Å². The molecule has 0 saturated carbocycles. The second-order valence-electron chi connectivity index (χ2n) is 8.03. The first-order chi connectivity index (χ1) is 15.8. The molecule has 1 amide bonds. The van der Waals surface area contributed by atoms with E-state index in [1.165, 1.54) is 4.31 Å². The maximum absolute atomic E-state index is 13.3. The van der Waals surface area contributed by atoms with Crippen LogP contribution in [0.3, 0.4) is 0 Å². The highest BCUT2D eigenvalue weighted by Gasteiger charge is 2.36. The molecule has 0 aromatic heterocycles. The van der Waals surface area contributed by atoms with Gasteiger partial charge in [0.1, 0.15) is 11.5 Å². The lowest BCUT2D eigenvalue weighted by molar-refractivity contribution is -0.122. The predicted molar refractivity (Wildman–Crippen MR) is 128 cm³/mol. The van der Waals surface area contributed by atoms with Crippen LogP contribution in [-0.4, -0.2) is 33.1 Å². The third-order valence-corrected chi connectivity index (χ3v) is 6.76. The quantitative estimate of drug-likeness (QED) is 0.564. The van der Waals surface area contributed by atoms with Crippen LogP contribution in [0, 0.1) is 0 Å². The highest BCUT2D eigenvalue weighted by atomic mass is 32.2. The first-order valence-electron chi connectivity index (χ1n) is 10.7. The smallest absolute Gasteiger partial charge is 0.267 e. The molecule has 7 nitrogen and oxygen atoms in total. The van der Waals surface area contributed by atoms with E-state index in [1.807, 2.05) is 19.9 Å². The lowest BCUT2D eigenvalue weighted by atomic mass is 10.2. The number of ether oxygens (including phenoxy) is 2. The van der Waals surface area contributed by atoms with E-state index in [2.05, 4.69) is 5.32 Å². The number of sulfonamides is 1. The molecule has 1 atom stereocenters. The van der Waals surface area contributed by atoms with Crippen LogP contribution in [0.4, 0.5) is 11.4 Å². The molecule has 0 radical (unpaired) electrons. The van der Waals surface area contributed by atoms with Crippen molar-refractivity contribution in [2.45, 2.75) is 31.8 Å². The minimum atomic E-state index is -3.75. The van der Waals surface area contributed by atoms with E-state index in [9.17, 15) is 13.2 Å². The summed E-state index contributed by atoms with van der Waals surface area (Å²) in [4.78, 5) is 13.0. The molecule has 3 aromatic rings. The fourth-order valence-corrected chi connectivity index (χ4v) is 5.16. The standard InChI is InChI=1S/C25H26N2O5S/c1-18(2)31-21-14-12-20(13-15-21)26-25(28)24-16-27(22-10-6-7-11-23(22)32-24)33(29,30)17-19-8-4-3-5-9-19/h3-15,18,24H,16-17H2,1-2H3,(H,26,28)/t24-/m0/s1. The van der Waals surface area contributed by atoms with Crippen LogP contribution in [0.25, 0.3) is 0 Å². The molecular weight excluding hydrogens is 440 g/mol. The van der Waals surface area contributed by atoms with Gasteiger partial charge in [0.05, 0.1) is 24.1 Å². The van der Waals surface area contributed by atoms with Gasteiger partial charge in [-0.2, -0.15) is 0 Å². The second-order valence-corrected chi connectivity index (χ2v) is 9.92. The van der Waals surface area contributed by atoms with Gasteiger partial charge in [-0.25, -0.2) is 8.42 Å². The van der Waals surface area contributed by atoms with Gasteiger partial charge in [-0.1, -0.05) is 42.5 Å². The first kappa shape index (κ1) is 22.7. The Kier molecular flexibility index (Phi) is 6.55. The minimum absolute atomic E-state index is 0.0463. The van der Waals surface area contributed by atoms with Crippen LogP contribution in [0.1, 0.15) is 19.4 Å². The minimum Gasteiger partial charge on any atom is -0.491 e. The van der Waals surface area contributed by atoms with Gasteiger partial charge in [0.25, 0.3) is 5.91 Å². The summed E-state index contributed by atoms with van der Waals surface area (Å²) in [5, 5.41) is 2.80. The number of fused-ring (bicyclic) bond motifs is 1. The van der Waals surface area contributed by atoms with Gasteiger partial charge in [0, 0.05) is 5.69 Å². The van der Waals surface area contributed by atoms with E-state index in [0.29, 0.717) is 28.4 Å². The van der Waals surface area contributed by atoms with Gasteiger partial charge in [-0.15, -0.1) is 0 Å². The Hall–Kier alpha value is -3.52. The molecule has 8 heteroatoms. The number of nitrogens with one attached hydrogen (secondary N) is 1. The first-order valence-corrected chi connectivity index (χ1v) is 12.3. The average molecular weight is 467 g/mol. The van der Waals surface area contributed by atoms with Crippen molar-refractivity contribution in [2.75, 3.05) is 16.2 Å².